The van der Waals surface area contributed by atoms with Crippen molar-refractivity contribution in [3.8, 4) is 0 Å². The number of hydrogen-bond donors (Lipinski definition) is 1. The topological polar surface area (TPSA) is 44.8 Å². The normalized spacial score (nSPS) is 22.3. The summed E-state index contributed by atoms with van der Waals surface area (Å²) < 4.78 is 5.03. The van der Waals surface area contributed by atoms with E-state index in [9.17, 15) is 4.79 Å². The molecule has 1 N–H and O–H groups in total. The first kappa shape index (κ1) is 21.3. The van der Waals surface area contributed by atoms with Crippen LogP contribution in [-0.2, 0) is 16.1 Å². The SMILES string of the molecule is COCCNC(=O)C1CCCN(C2CCN(Cc3cc(C)ccc3C)CC2)C1. The molecule has 0 aromatic heterocycles. The van der Waals surface area contributed by atoms with E-state index in [0.717, 1.165) is 45.6 Å². The van der Waals surface area contributed by atoms with E-state index in [4.69, 9.17) is 4.74 Å². The number of carbonyl (C=O) groups excluding carboxylic acids is 1. The highest BCUT2D eigenvalue weighted by molar-refractivity contribution is 5.78. The Morgan fingerprint density at radius 3 is 2.71 bits per heavy atom. The molecule has 1 unspecified atom stereocenters. The van der Waals surface area contributed by atoms with E-state index in [1.165, 1.54) is 29.5 Å². The predicted octanol–water partition coefficient (Wildman–Crippen LogP) is 2.74. The second kappa shape index (κ2) is 10.4. The molecule has 28 heavy (non-hydrogen) atoms. The van der Waals surface area contributed by atoms with Gasteiger partial charge in [-0.25, -0.2) is 0 Å². The molecular weight excluding hydrogens is 350 g/mol. The Balaban J connectivity index is 1.46. The third-order valence-corrected chi connectivity index (χ3v) is 6.40. The summed E-state index contributed by atoms with van der Waals surface area (Å²) >= 11 is 0. The lowest BCUT2D eigenvalue weighted by Crippen LogP contribution is -2.50. The van der Waals surface area contributed by atoms with E-state index in [0.29, 0.717) is 19.2 Å². The van der Waals surface area contributed by atoms with Gasteiger partial charge < -0.3 is 10.1 Å². The summed E-state index contributed by atoms with van der Waals surface area (Å²) in [5.74, 6) is 0.340. The first-order valence-corrected chi connectivity index (χ1v) is 10.9. The maximum Gasteiger partial charge on any atom is 0.224 e. The minimum absolute atomic E-state index is 0.138. The second-order valence-electron chi connectivity index (χ2n) is 8.56. The minimum atomic E-state index is 0.138. The number of aryl methyl sites for hydroxylation is 2. The molecule has 2 fully saturated rings. The van der Waals surface area contributed by atoms with Gasteiger partial charge in [0.2, 0.25) is 5.91 Å². The molecule has 3 rings (SSSR count). The van der Waals surface area contributed by atoms with Crippen molar-refractivity contribution in [3.63, 3.8) is 0 Å². The van der Waals surface area contributed by atoms with Gasteiger partial charge >= 0.3 is 0 Å². The number of amides is 1. The minimum Gasteiger partial charge on any atom is -0.383 e. The van der Waals surface area contributed by atoms with Crippen LogP contribution in [0.5, 0.6) is 0 Å². The van der Waals surface area contributed by atoms with Crippen LogP contribution in [0, 0.1) is 19.8 Å². The van der Waals surface area contributed by atoms with Crippen LogP contribution < -0.4 is 5.32 Å². The Bertz CT molecular complexity index is 641. The number of carbonyl (C=O) groups is 1. The van der Waals surface area contributed by atoms with Crippen LogP contribution in [0.4, 0.5) is 0 Å². The maximum absolute atomic E-state index is 12.4. The van der Waals surface area contributed by atoms with Crippen LogP contribution in [0.3, 0.4) is 0 Å². The number of hydrogen-bond acceptors (Lipinski definition) is 4. The Morgan fingerprint density at radius 2 is 1.96 bits per heavy atom. The van der Waals surface area contributed by atoms with Gasteiger partial charge in [0.1, 0.15) is 0 Å². The third kappa shape index (κ3) is 5.79. The van der Waals surface area contributed by atoms with Crippen LogP contribution in [0.25, 0.3) is 0 Å². The molecule has 0 saturated carbocycles. The van der Waals surface area contributed by atoms with E-state index in [1.807, 2.05) is 0 Å². The quantitative estimate of drug-likeness (QED) is 0.731. The molecule has 1 aromatic rings. The number of piperidine rings is 2. The highest BCUT2D eigenvalue weighted by atomic mass is 16.5. The number of ether oxygens (including phenoxy) is 1. The van der Waals surface area contributed by atoms with Gasteiger partial charge in [0.25, 0.3) is 0 Å². The summed E-state index contributed by atoms with van der Waals surface area (Å²) in [6.45, 7) is 11.0. The molecule has 2 saturated heterocycles. The standard InChI is InChI=1S/C23H37N3O2/c1-18-6-7-19(2)21(15-18)16-25-12-8-22(9-13-25)26-11-4-5-20(17-26)23(27)24-10-14-28-3/h6-7,15,20,22H,4-5,8-14,16-17H2,1-3H3,(H,24,27). The van der Waals surface area contributed by atoms with E-state index >= 15 is 0 Å². The van der Waals surface area contributed by atoms with E-state index in [2.05, 4.69) is 47.2 Å². The molecule has 5 heteroatoms. The van der Waals surface area contributed by atoms with Crippen LogP contribution >= 0.6 is 0 Å². The largest absolute Gasteiger partial charge is 0.383 e. The van der Waals surface area contributed by atoms with Crippen LogP contribution in [-0.4, -0.2) is 68.2 Å². The number of likely N-dealkylation sites (tertiary alicyclic amines) is 2. The Hall–Kier alpha value is -1.43. The van der Waals surface area contributed by atoms with E-state index in [1.54, 1.807) is 7.11 Å². The van der Waals surface area contributed by atoms with Gasteiger partial charge in [0, 0.05) is 32.8 Å². The summed E-state index contributed by atoms with van der Waals surface area (Å²) in [5.41, 5.74) is 4.20. The fourth-order valence-corrected chi connectivity index (χ4v) is 4.63. The number of methoxy groups -OCH3 is 1. The van der Waals surface area contributed by atoms with E-state index < -0.39 is 0 Å². The first-order valence-electron chi connectivity index (χ1n) is 10.9. The van der Waals surface area contributed by atoms with Gasteiger partial charge in [-0.3, -0.25) is 14.6 Å². The second-order valence-corrected chi connectivity index (χ2v) is 8.56. The molecule has 156 valence electrons. The first-order chi connectivity index (χ1) is 13.6. The van der Waals surface area contributed by atoms with Gasteiger partial charge in [-0.15, -0.1) is 0 Å². The van der Waals surface area contributed by atoms with Gasteiger partial charge in [0.05, 0.1) is 12.5 Å². The fraction of sp³-hybridized carbons (Fsp3) is 0.696. The number of rotatable bonds is 7. The fourth-order valence-electron chi connectivity index (χ4n) is 4.63. The average molecular weight is 388 g/mol. The number of nitrogens with one attached hydrogen (secondary N) is 1. The zero-order valence-electron chi connectivity index (χ0n) is 17.9. The molecule has 2 aliphatic rings. The molecule has 5 nitrogen and oxygen atoms in total. The van der Waals surface area contributed by atoms with Crippen molar-refractivity contribution in [2.45, 2.75) is 52.1 Å². The van der Waals surface area contributed by atoms with Crippen LogP contribution in [0.2, 0.25) is 0 Å². The molecule has 0 bridgehead atoms. The molecule has 0 aliphatic carbocycles. The molecule has 2 heterocycles. The third-order valence-electron chi connectivity index (χ3n) is 6.40. The van der Waals surface area contributed by atoms with Gasteiger partial charge in [-0.1, -0.05) is 23.8 Å². The van der Waals surface area contributed by atoms with Gasteiger partial charge in [0.15, 0.2) is 0 Å². The van der Waals surface area contributed by atoms with Crippen molar-refractivity contribution in [1.29, 1.82) is 0 Å². The molecule has 1 aromatic carbocycles. The van der Waals surface area contributed by atoms with Crippen molar-refractivity contribution in [2.24, 2.45) is 5.92 Å². The average Bonchev–Trinajstić information content (AvgIpc) is 2.71. The Morgan fingerprint density at radius 1 is 1.18 bits per heavy atom. The lowest BCUT2D eigenvalue weighted by Gasteiger charge is -2.42. The summed E-state index contributed by atoms with van der Waals surface area (Å²) in [7, 11) is 1.67. The summed E-state index contributed by atoms with van der Waals surface area (Å²) in [5, 5.41) is 3.02. The summed E-state index contributed by atoms with van der Waals surface area (Å²) in [4.78, 5) is 17.6. The van der Waals surface area contributed by atoms with Crippen LogP contribution in [0.1, 0.15) is 42.4 Å². The monoisotopic (exact) mass is 387 g/mol. The Kier molecular flexibility index (Phi) is 7.89. The molecule has 0 radical (unpaired) electrons. The van der Waals surface area contributed by atoms with Crippen molar-refractivity contribution >= 4 is 5.91 Å². The smallest absolute Gasteiger partial charge is 0.224 e. The Labute approximate surface area is 170 Å². The maximum atomic E-state index is 12.4. The zero-order chi connectivity index (χ0) is 19.9. The lowest BCUT2D eigenvalue weighted by atomic mass is 9.93. The van der Waals surface area contributed by atoms with Crippen molar-refractivity contribution < 1.29 is 9.53 Å². The van der Waals surface area contributed by atoms with Crippen molar-refractivity contribution in [3.05, 3.63) is 34.9 Å². The molecule has 1 amide bonds. The number of benzene rings is 1. The lowest BCUT2D eigenvalue weighted by molar-refractivity contribution is -0.127. The van der Waals surface area contributed by atoms with Crippen molar-refractivity contribution in [1.82, 2.24) is 15.1 Å². The van der Waals surface area contributed by atoms with Crippen LogP contribution in [0.15, 0.2) is 18.2 Å². The molecule has 0 spiro atoms. The van der Waals surface area contributed by atoms with E-state index in [-0.39, 0.29) is 11.8 Å². The highest BCUT2D eigenvalue weighted by Crippen LogP contribution is 2.25. The molecule has 1 atom stereocenters. The molecular formula is C23H37N3O2. The van der Waals surface area contributed by atoms with Gasteiger partial charge in [-0.05, 0) is 70.3 Å². The number of nitrogens with zero attached hydrogens (tertiary/aromatic N) is 2. The van der Waals surface area contributed by atoms with Gasteiger partial charge in [-0.2, -0.15) is 0 Å². The summed E-state index contributed by atoms with van der Waals surface area (Å²) in [6.07, 6.45) is 4.57. The predicted molar refractivity (Wildman–Crippen MR) is 113 cm³/mol. The molecule has 2 aliphatic heterocycles. The van der Waals surface area contributed by atoms with Crippen molar-refractivity contribution in [2.75, 3.05) is 46.4 Å². The summed E-state index contributed by atoms with van der Waals surface area (Å²) in [6, 6.07) is 7.40. The highest BCUT2D eigenvalue weighted by Gasteiger charge is 2.31. The zero-order valence-corrected chi connectivity index (χ0v) is 17.9.